The fraction of sp³-hybridized carbons (Fsp3) is 0. The lowest BCUT2D eigenvalue weighted by molar-refractivity contribution is -0.146. The highest BCUT2D eigenvalue weighted by Gasteiger charge is 2.14. The quantitative estimate of drug-likeness (QED) is 0.416. The Kier molecular flexibility index (Phi) is 4.03. The van der Waals surface area contributed by atoms with Crippen molar-refractivity contribution in [3.8, 4) is 5.69 Å². The first-order valence-corrected chi connectivity index (χ1v) is 6.00. The number of rotatable bonds is 4. The Morgan fingerprint density at radius 1 is 1.09 bits per heavy atom. The Morgan fingerprint density at radius 3 is 2.32 bits per heavy atom. The number of benzene rings is 1. The van der Waals surface area contributed by atoms with Gasteiger partial charge in [0.1, 0.15) is 5.76 Å². The molecule has 2 aromatic rings. The second-order valence-corrected chi connectivity index (χ2v) is 4.21. The third kappa shape index (κ3) is 3.01. The maximum Gasteiger partial charge on any atom is 0.376 e. The lowest BCUT2D eigenvalue weighted by Crippen LogP contribution is -2.30. The molecule has 22 heavy (non-hydrogen) atoms. The molecule has 0 saturated heterocycles. The van der Waals surface area contributed by atoms with Crippen molar-refractivity contribution in [2.24, 2.45) is 0 Å². The molecule has 2 rings (SSSR count). The fourth-order valence-corrected chi connectivity index (χ4v) is 1.70. The van der Waals surface area contributed by atoms with Gasteiger partial charge in [-0.05, 0) is 12.1 Å². The van der Waals surface area contributed by atoms with E-state index in [9.17, 15) is 24.3 Å². The highest BCUT2D eigenvalue weighted by atomic mass is 16.4. The number of carbonyl (C=O) groups is 2. The van der Waals surface area contributed by atoms with E-state index in [1.807, 2.05) is 4.98 Å². The number of aliphatic carboxylic acids is 1. The highest BCUT2D eigenvalue weighted by Crippen LogP contribution is 2.08. The molecule has 0 aliphatic carbocycles. The van der Waals surface area contributed by atoms with E-state index in [1.54, 1.807) is 30.3 Å². The minimum atomic E-state index is -1.78. The highest BCUT2D eigenvalue weighted by molar-refractivity contribution is 6.38. The topological polar surface area (TPSA) is 129 Å². The van der Waals surface area contributed by atoms with Crippen LogP contribution in [0.1, 0.15) is 5.56 Å². The van der Waals surface area contributed by atoms with Crippen LogP contribution in [-0.4, -0.2) is 31.5 Å². The maximum atomic E-state index is 11.8. The Bertz CT molecular complexity index is 876. The van der Waals surface area contributed by atoms with Crippen molar-refractivity contribution in [2.75, 3.05) is 0 Å². The van der Waals surface area contributed by atoms with E-state index < -0.39 is 34.3 Å². The van der Waals surface area contributed by atoms with E-state index in [2.05, 4.69) is 0 Å². The summed E-state index contributed by atoms with van der Waals surface area (Å²) in [7, 11) is 0. The number of aliphatic hydroxyl groups excluding tert-OH is 1. The molecule has 1 aromatic carbocycles. The fourth-order valence-electron chi connectivity index (χ4n) is 1.70. The molecular formula is C14H10N2O6. The standard InChI is InChI=1S/C14H10N2O6/c17-10(6-11(18)13(20)21)9-7-16(14(22)15-12(9)19)8-4-2-1-3-5-8/h1-7,17H,(H,20,21)(H,15,19,22)/b10-6-. The molecule has 0 fully saturated rings. The number of hydrogen-bond acceptors (Lipinski definition) is 5. The number of carboxylic acids is 1. The molecule has 0 unspecified atom stereocenters. The third-order valence-corrected chi connectivity index (χ3v) is 2.73. The van der Waals surface area contributed by atoms with E-state index in [0.29, 0.717) is 11.8 Å². The summed E-state index contributed by atoms with van der Waals surface area (Å²) in [4.78, 5) is 47.0. The van der Waals surface area contributed by atoms with Crippen molar-refractivity contribution < 1.29 is 19.8 Å². The van der Waals surface area contributed by atoms with Gasteiger partial charge < -0.3 is 10.2 Å². The Labute approximate surface area is 122 Å². The molecule has 1 aromatic heterocycles. The zero-order valence-electron chi connectivity index (χ0n) is 11.0. The lowest BCUT2D eigenvalue weighted by Gasteiger charge is -2.06. The van der Waals surface area contributed by atoms with Crippen LogP contribution in [0.4, 0.5) is 0 Å². The van der Waals surface area contributed by atoms with Crippen LogP contribution in [0.2, 0.25) is 0 Å². The minimum absolute atomic E-state index is 0.396. The van der Waals surface area contributed by atoms with Gasteiger partial charge in [-0.25, -0.2) is 9.59 Å². The summed E-state index contributed by atoms with van der Waals surface area (Å²) in [5, 5.41) is 18.2. The monoisotopic (exact) mass is 302 g/mol. The average Bonchev–Trinajstić information content (AvgIpc) is 2.47. The van der Waals surface area contributed by atoms with Crippen molar-refractivity contribution in [3.63, 3.8) is 0 Å². The molecule has 1 heterocycles. The van der Waals surface area contributed by atoms with Crippen LogP contribution in [0, 0.1) is 0 Å². The first-order chi connectivity index (χ1) is 10.4. The van der Waals surface area contributed by atoms with Crippen molar-refractivity contribution >= 4 is 17.5 Å². The number of nitrogens with zero attached hydrogens (tertiary/aromatic N) is 1. The molecule has 8 nitrogen and oxygen atoms in total. The van der Waals surface area contributed by atoms with Gasteiger partial charge in [-0.1, -0.05) is 18.2 Å². The number of aliphatic hydroxyl groups is 1. The summed E-state index contributed by atoms with van der Waals surface area (Å²) in [6.07, 6.45) is 1.42. The van der Waals surface area contributed by atoms with Gasteiger partial charge in [0.15, 0.2) is 0 Å². The van der Waals surface area contributed by atoms with Gasteiger partial charge in [0.2, 0.25) is 0 Å². The van der Waals surface area contributed by atoms with Gasteiger partial charge in [-0.3, -0.25) is 19.1 Å². The largest absolute Gasteiger partial charge is 0.507 e. The van der Waals surface area contributed by atoms with Crippen LogP contribution in [0.3, 0.4) is 0 Å². The maximum absolute atomic E-state index is 11.8. The van der Waals surface area contributed by atoms with Gasteiger partial charge in [0, 0.05) is 12.3 Å². The second-order valence-electron chi connectivity index (χ2n) is 4.21. The van der Waals surface area contributed by atoms with Crippen LogP contribution in [0.25, 0.3) is 11.4 Å². The number of carboxylic acid groups (broad SMARTS) is 1. The number of nitrogens with one attached hydrogen (secondary N) is 1. The predicted octanol–water partition coefficient (Wildman–Crippen LogP) is 0.0784. The van der Waals surface area contributed by atoms with Crippen molar-refractivity contribution in [3.05, 3.63) is 69.0 Å². The minimum Gasteiger partial charge on any atom is -0.507 e. The molecular weight excluding hydrogens is 292 g/mol. The summed E-state index contributed by atoms with van der Waals surface area (Å²) in [5.41, 5.74) is -1.66. The molecule has 0 amide bonds. The van der Waals surface area contributed by atoms with E-state index in [0.717, 1.165) is 10.8 Å². The molecule has 0 aliphatic heterocycles. The SMILES string of the molecule is O=C(O)C(=O)/C=C(\O)c1cn(-c2ccccc2)c(=O)[nH]c1=O. The molecule has 3 N–H and O–H groups in total. The molecule has 8 heteroatoms. The zero-order valence-corrected chi connectivity index (χ0v) is 11.0. The molecule has 0 aliphatic rings. The van der Waals surface area contributed by atoms with Crippen molar-refractivity contribution in [1.29, 1.82) is 0 Å². The van der Waals surface area contributed by atoms with E-state index in [4.69, 9.17) is 5.11 Å². The number of H-pyrrole nitrogens is 1. The normalized spacial score (nSPS) is 11.2. The van der Waals surface area contributed by atoms with E-state index in [1.165, 1.54) is 0 Å². The molecule has 0 spiro atoms. The van der Waals surface area contributed by atoms with Gasteiger partial charge in [0.05, 0.1) is 11.3 Å². The molecule has 0 atom stereocenters. The summed E-state index contributed by atoms with van der Waals surface area (Å²) < 4.78 is 1.05. The van der Waals surface area contributed by atoms with Gasteiger partial charge >= 0.3 is 11.7 Å². The second kappa shape index (κ2) is 5.92. The summed E-state index contributed by atoms with van der Waals surface area (Å²) in [5.74, 6) is -4.02. The Hall–Kier alpha value is -3.42. The number of para-hydroxylation sites is 1. The van der Waals surface area contributed by atoms with Crippen LogP contribution < -0.4 is 11.2 Å². The Morgan fingerprint density at radius 2 is 1.73 bits per heavy atom. The van der Waals surface area contributed by atoms with Gasteiger partial charge in [0.25, 0.3) is 11.3 Å². The predicted molar refractivity (Wildman–Crippen MR) is 75.9 cm³/mol. The first kappa shape index (κ1) is 15.0. The van der Waals surface area contributed by atoms with Crippen LogP contribution in [-0.2, 0) is 9.59 Å². The molecule has 112 valence electrons. The molecule has 0 saturated carbocycles. The van der Waals surface area contributed by atoms with Gasteiger partial charge in [-0.2, -0.15) is 0 Å². The van der Waals surface area contributed by atoms with Gasteiger partial charge in [-0.15, -0.1) is 0 Å². The van der Waals surface area contributed by atoms with Crippen molar-refractivity contribution in [1.82, 2.24) is 9.55 Å². The van der Waals surface area contributed by atoms with Crippen LogP contribution >= 0.6 is 0 Å². The van der Waals surface area contributed by atoms with E-state index in [-0.39, 0.29) is 0 Å². The summed E-state index contributed by atoms with van der Waals surface area (Å²) in [6, 6.07) is 8.23. The van der Waals surface area contributed by atoms with Crippen LogP contribution in [0.5, 0.6) is 0 Å². The van der Waals surface area contributed by atoms with Crippen molar-refractivity contribution in [2.45, 2.75) is 0 Å². The number of ketones is 1. The lowest BCUT2D eigenvalue weighted by atomic mass is 10.2. The average molecular weight is 302 g/mol. The number of carbonyl (C=O) groups excluding carboxylic acids is 1. The molecule has 0 bridgehead atoms. The van der Waals surface area contributed by atoms with Crippen LogP contribution in [0.15, 0.2) is 52.2 Å². The third-order valence-electron chi connectivity index (χ3n) is 2.73. The number of hydrogen-bond donors (Lipinski definition) is 3. The summed E-state index contributed by atoms with van der Waals surface area (Å²) in [6.45, 7) is 0. The smallest absolute Gasteiger partial charge is 0.376 e. The number of aromatic amines is 1. The number of aromatic nitrogens is 2. The first-order valence-electron chi connectivity index (χ1n) is 6.00. The summed E-state index contributed by atoms with van der Waals surface area (Å²) >= 11 is 0. The Balaban J connectivity index is 2.60. The molecule has 0 radical (unpaired) electrons. The zero-order chi connectivity index (χ0) is 16.3. The van der Waals surface area contributed by atoms with E-state index >= 15 is 0 Å².